The summed E-state index contributed by atoms with van der Waals surface area (Å²) in [6.45, 7) is 8.59. The van der Waals surface area contributed by atoms with E-state index in [1.165, 1.54) is 25.1 Å². The number of likely N-dealkylation sites (N-methyl/N-ethyl adjacent to an activating group) is 1. The molecule has 0 fully saturated rings. The van der Waals surface area contributed by atoms with Crippen LogP contribution < -0.4 is 0 Å². The molecule has 0 saturated heterocycles. The molecule has 0 amide bonds. The van der Waals surface area contributed by atoms with Gasteiger partial charge < -0.3 is 4.90 Å². The van der Waals surface area contributed by atoms with Crippen molar-refractivity contribution in [1.82, 2.24) is 4.90 Å². The zero-order valence-corrected chi connectivity index (χ0v) is 7.65. The summed E-state index contributed by atoms with van der Waals surface area (Å²) in [5.41, 5.74) is 1.51. The van der Waals surface area contributed by atoms with Gasteiger partial charge in [-0.1, -0.05) is 25.5 Å². The molecule has 0 bridgehead atoms. The Bertz CT molecular complexity index is 105. The van der Waals surface area contributed by atoms with E-state index in [4.69, 9.17) is 0 Å². The lowest BCUT2D eigenvalue weighted by molar-refractivity contribution is 0.355. The van der Waals surface area contributed by atoms with E-state index < -0.39 is 0 Å². The van der Waals surface area contributed by atoms with E-state index >= 15 is 0 Å². The average Bonchev–Trinajstić information content (AvgIpc) is 1.91. The Kier molecular flexibility index (Phi) is 5.32. The van der Waals surface area contributed by atoms with E-state index in [0.29, 0.717) is 0 Å². The molecule has 0 unspecified atom stereocenters. The summed E-state index contributed by atoms with van der Waals surface area (Å²) in [5, 5.41) is 0. The molecule has 60 valence electrons. The van der Waals surface area contributed by atoms with Crippen LogP contribution in [0.15, 0.2) is 11.6 Å². The van der Waals surface area contributed by atoms with Gasteiger partial charge in [0.2, 0.25) is 0 Å². The van der Waals surface area contributed by atoms with Crippen LogP contribution in [-0.4, -0.2) is 25.0 Å². The molecule has 0 atom stereocenters. The summed E-state index contributed by atoms with van der Waals surface area (Å²) in [6.07, 6.45) is 3.56. The van der Waals surface area contributed by atoms with E-state index in [0.717, 1.165) is 0 Å². The molecule has 0 radical (unpaired) electrons. The van der Waals surface area contributed by atoms with Crippen LogP contribution in [0.3, 0.4) is 0 Å². The lowest BCUT2D eigenvalue weighted by Crippen LogP contribution is -2.24. The van der Waals surface area contributed by atoms with Crippen molar-refractivity contribution in [1.29, 1.82) is 0 Å². The molecule has 0 aromatic carbocycles. The summed E-state index contributed by atoms with van der Waals surface area (Å²) in [6, 6.07) is 0. The SMILES string of the molecule is CC.CC1=CCCN(C)C1. The largest absolute Gasteiger partial charge is 0.302 e. The van der Waals surface area contributed by atoms with Gasteiger partial charge in [0, 0.05) is 13.1 Å². The molecule has 1 aliphatic rings. The first-order valence-electron chi connectivity index (χ1n) is 4.13. The third kappa shape index (κ3) is 3.67. The van der Waals surface area contributed by atoms with Crippen LogP contribution in [0.5, 0.6) is 0 Å². The van der Waals surface area contributed by atoms with Gasteiger partial charge in [-0.25, -0.2) is 0 Å². The Morgan fingerprint density at radius 3 is 2.30 bits per heavy atom. The van der Waals surface area contributed by atoms with E-state index in [1.807, 2.05) is 13.8 Å². The lowest BCUT2D eigenvalue weighted by atomic mass is 10.2. The van der Waals surface area contributed by atoms with Crippen molar-refractivity contribution in [2.45, 2.75) is 27.2 Å². The summed E-state index contributed by atoms with van der Waals surface area (Å²) in [4.78, 5) is 2.34. The Labute approximate surface area is 64.7 Å². The van der Waals surface area contributed by atoms with Gasteiger partial charge in [-0.3, -0.25) is 0 Å². The van der Waals surface area contributed by atoms with Crippen LogP contribution in [-0.2, 0) is 0 Å². The van der Waals surface area contributed by atoms with Crippen LogP contribution in [0, 0.1) is 0 Å². The highest BCUT2D eigenvalue weighted by Crippen LogP contribution is 2.04. The zero-order chi connectivity index (χ0) is 7.98. The second kappa shape index (κ2) is 5.48. The van der Waals surface area contributed by atoms with Crippen molar-refractivity contribution < 1.29 is 0 Å². The third-order valence-corrected chi connectivity index (χ3v) is 1.52. The minimum absolute atomic E-state index is 1.17. The maximum absolute atomic E-state index is 2.34. The fourth-order valence-corrected chi connectivity index (χ4v) is 1.10. The van der Waals surface area contributed by atoms with E-state index in [9.17, 15) is 0 Å². The van der Waals surface area contributed by atoms with E-state index in [-0.39, 0.29) is 0 Å². The number of hydrogen-bond donors (Lipinski definition) is 0. The van der Waals surface area contributed by atoms with Crippen LogP contribution >= 0.6 is 0 Å². The third-order valence-electron chi connectivity index (χ3n) is 1.52. The maximum atomic E-state index is 2.34. The maximum Gasteiger partial charge on any atom is 0.0187 e. The van der Waals surface area contributed by atoms with Gasteiger partial charge in [0.05, 0.1) is 0 Å². The fourth-order valence-electron chi connectivity index (χ4n) is 1.10. The van der Waals surface area contributed by atoms with Crippen LogP contribution in [0.25, 0.3) is 0 Å². The second-order valence-corrected chi connectivity index (χ2v) is 2.58. The molecule has 0 N–H and O–H groups in total. The molecule has 1 rings (SSSR count). The smallest absolute Gasteiger partial charge is 0.0187 e. The lowest BCUT2D eigenvalue weighted by Gasteiger charge is -2.20. The fraction of sp³-hybridized carbons (Fsp3) is 0.778. The second-order valence-electron chi connectivity index (χ2n) is 2.58. The Hall–Kier alpha value is -0.300. The predicted molar refractivity (Wildman–Crippen MR) is 47.2 cm³/mol. The van der Waals surface area contributed by atoms with Crippen molar-refractivity contribution in [3.63, 3.8) is 0 Å². The number of rotatable bonds is 0. The summed E-state index contributed by atoms with van der Waals surface area (Å²) < 4.78 is 0. The van der Waals surface area contributed by atoms with Crippen molar-refractivity contribution in [3.8, 4) is 0 Å². The van der Waals surface area contributed by atoms with Crippen molar-refractivity contribution >= 4 is 0 Å². The quantitative estimate of drug-likeness (QED) is 0.468. The Morgan fingerprint density at radius 1 is 1.40 bits per heavy atom. The monoisotopic (exact) mass is 141 g/mol. The number of hydrogen-bond acceptors (Lipinski definition) is 1. The molecule has 10 heavy (non-hydrogen) atoms. The van der Waals surface area contributed by atoms with Gasteiger partial charge in [0.25, 0.3) is 0 Å². The molecule has 0 aromatic heterocycles. The minimum atomic E-state index is 1.17. The molecule has 1 nitrogen and oxygen atoms in total. The van der Waals surface area contributed by atoms with Crippen LogP contribution in [0.1, 0.15) is 27.2 Å². The molecule has 0 aromatic rings. The summed E-state index contributed by atoms with van der Waals surface area (Å²) in [5.74, 6) is 0. The first-order chi connectivity index (χ1) is 4.79. The van der Waals surface area contributed by atoms with Gasteiger partial charge in [0.15, 0.2) is 0 Å². The molecule has 0 saturated carbocycles. The average molecular weight is 141 g/mol. The van der Waals surface area contributed by atoms with Gasteiger partial charge in [0.1, 0.15) is 0 Å². The highest BCUT2D eigenvalue weighted by atomic mass is 15.1. The van der Waals surface area contributed by atoms with Gasteiger partial charge >= 0.3 is 0 Å². The Morgan fingerprint density at radius 2 is 2.00 bits per heavy atom. The number of nitrogens with zero attached hydrogens (tertiary/aromatic N) is 1. The molecule has 1 heterocycles. The molecule has 0 aliphatic carbocycles. The summed E-state index contributed by atoms with van der Waals surface area (Å²) >= 11 is 0. The molecular formula is C9H19N. The van der Waals surface area contributed by atoms with Crippen molar-refractivity contribution in [2.24, 2.45) is 0 Å². The Balaban J connectivity index is 0.000000371. The van der Waals surface area contributed by atoms with E-state index in [1.54, 1.807) is 0 Å². The van der Waals surface area contributed by atoms with Crippen molar-refractivity contribution in [2.75, 3.05) is 20.1 Å². The first kappa shape index (κ1) is 9.70. The predicted octanol–water partition coefficient (Wildman–Crippen LogP) is 2.29. The van der Waals surface area contributed by atoms with Gasteiger partial charge in [-0.15, -0.1) is 0 Å². The summed E-state index contributed by atoms with van der Waals surface area (Å²) in [7, 11) is 2.16. The van der Waals surface area contributed by atoms with Gasteiger partial charge in [-0.05, 0) is 20.4 Å². The molecule has 1 heteroatoms. The highest BCUT2D eigenvalue weighted by Gasteiger charge is 2.02. The molecular weight excluding hydrogens is 122 g/mol. The molecule has 0 spiro atoms. The standard InChI is InChI=1S/C7H13N.C2H6/c1-7-4-3-5-8(2)6-7;1-2/h4H,3,5-6H2,1-2H3;1-2H3. The van der Waals surface area contributed by atoms with Crippen LogP contribution in [0.2, 0.25) is 0 Å². The normalized spacial score (nSPS) is 19.0. The van der Waals surface area contributed by atoms with Crippen molar-refractivity contribution in [3.05, 3.63) is 11.6 Å². The molecule has 1 aliphatic heterocycles. The highest BCUT2D eigenvalue weighted by molar-refractivity contribution is 5.03. The van der Waals surface area contributed by atoms with Gasteiger partial charge in [-0.2, -0.15) is 0 Å². The van der Waals surface area contributed by atoms with Crippen LogP contribution in [0.4, 0.5) is 0 Å². The zero-order valence-electron chi connectivity index (χ0n) is 7.65. The van der Waals surface area contributed by atoms with E-state index in [2.05, 4.69) is 24.9 Å². The minimum Gasteiger partial charge on any atom is -0.302 e. The topological polar surface area (TPSA) is 3.24 Å². The first-order valence-corrected chi connectivity index (χ1v) is 4.13.